The van der Waals surface area contributed by atoms with E-state index in [-0.39, 0.29) is 24.7 Å². The first-order valence-electron chi connectivity index (χ1n) is 7.69. The highest BCUT2D eigenvalue weighted by atomic mass is 16.5. The highest BCUT2D eigenvalue weighted by Gasteiger charge is 2.34. The number of hydrogen-bond donors (Lipinski definition) is 3. The van der Waals surface area contributed by atoms with Crippen molar-refractivity contribution in [1.82, 2.24) is 10.2 Å². The minimum absolute atomic E-state index is 0.0455. The van der Waals surface area contributed by atoms with Gasteiger partial charge in [0.1, 0.15) is 5.75 Å². The fraction of sp³-hybridized carbons (Fsp3) is 0.500. The molecule has 0 atom stereocenters. The van der Waals surface area contributed by atoms with Gasteiger partial charge in [0.15, 0.2) is 0 Å². The van der Waals surface area contributed by atoms with Gasteiger partial charge in [0.25, 0.3) is 0 Å². The van der Waals surface area contributed by atoms with Crippen molar-refractivity contribution in [3.63, 3.8) is 0 Å². The number of carbonyl (C=O) groups is 2. The first-order chi connectivity index (χ1) is 11.0. The smallest absolute Gasteiger partial charge is 0.319 e. The van der Waals surface area contributed by atoms with Crippen molar-refractivity contribution in [3.05, 3.63) is 24.3 Å². The maximum Gasteiger partial charge on any atom is 0.319 e. The highest BCUT2D eigenvalue weighted by molar-refractivity contribution is 5.89. The molecule has 0 heterocycles. The second-order valence-electron chi connectivity index (χ2n) is 5.61. The summed E-state index contributed by atoms with van der Waals surface area (Å²) in [4.78, 5) is 24.7. The Morgan fingerprint density at radius 3 is 2.74 bits per heavy atom. The minimum Gasteiger partial charge on any atom is -0.497 e. The summed E-state index contributed by atoms with van der Waals surface area (Å²) in [5.41, 5.74) is 0.666. The molecule has 0 spiro atoms. The normalized spacial score (nSPS) is 19.8. The number of carboxylic acids is 1. The van der Waals surface area contributed by atoms with Gasteiger partial charge in [-0.15, -0.1) is 0 Å². The molecule has 0 bridgehead atoms. The van der Waals surface area contributed by atoms with E-state index < -0.39 is 5.97 Å². The zero-order chi connectivity index (χ0) is 16.8. The van der Waals surface area contributed by atoms with E-state index in [1.165, 1.54) is 0 Å². The van der Waals surface area contributed by atoms with Gasteiger partial charge in [0.05, 0.1) is 13.7 Å². The Kier molecular flexibility index (Phi) is 5.81. The van der Waals surface area contributed by atoms with Crippen molar-refractivity contribution in [2.24, 2.45) is 0 Å². The molecular formula is C16H23N3O4. The molecule has 1 aliphatic rings. The van der Waals surface area contributed by atoms with Gasteiger partial charge < -0.3 is 20.5 Å². The van der Waals surface area contributed by atoms with Gasteiger partial charge in [-0.1, -0.05) is 13.0 Å². The summed E-state index contributed by atoms with van der Waals surface area (Å²) in [5.74, 6) is -0.141. The number of nitrogens with one attached hydrogen (secondary N) is 2. The average Bonchev–Trinajstić information content (AvgIpc) is 2.48. The highest BCUT2D eigenvalue weighted by Crippen LogP contribution is 2.25. The van der Waals surface area contributed by atoms with Crippen LogP contribution in [0.4, 0.5) is 10.5 Å². The number of benzene rings is 1. The maximum absolute atomic E-state index is 12.0. The lowest BCUT2D eigenvalue weighted by Gasteiger charge is -2.42. The van der Waals surface area contributed by atoms with Gasteiger partial charge in [0, 0.05) is 23.8 Å². The summed E-state index contributed by atoms with van der Waals surface area (Å²) in [6.07, 6.45) is 1.54. The molecule has 7 heteroatoms. The molecule has 7 nitrogen and oxygen atoms in total. The number of likely N-dealkylation sites (N-methyl/N-ethyl adjacent to an activating group) is 1. The zero-order valence-electron chi connectivity index (χ0n) is 13.4. The number of amides is 2. The summed E-state index contributed by atoms with van der Waals surface area (Å²) in [6.45, 7) is 2.68. The summed E-state index contributed by atoms with van der Waals surface area (Å²) in [6, 6.07) is 7.18. The van der Waals surface area contributed by atoms with Crippen LogP contribution in [0.25, 0.3) is 0 Å². The van der Waals surface area contributed by atoms with Crippen molar-refractivity contribution in [3.8, 4) is 5.75 Å². The van der Waals surface area contributed by atoms with E-state index in [1.807, 2.05) is 11.8 Å². The minimum atomic E-state index is -0.820. The van der Waals surface area contributed by atoms with Crippen molar-refractivity contribution in [1.29, 1.82) is 0 Å². The molecule has 0 radical (unpaired) electrons. The summed E-state index contributed by atoms with van der Waals surface area (Å²) < 4.78 is 5.11. The summed E-state index contributed by atoms with van der Waals surface area (Å²) in [7, 11) is 1.57. The van der Waals surface area contributed by atoms with Crippen LogP contribution in [0.2, 0.25) is 0 Å². The number of nitrogens with zero attached hydrogens (tertiary/aromatic N) is 1. The van der Waals surface area contributed by atoms with Crippen molar-refractivity contribution in [2.45, 2.75) is 31.8 Å². The molecule has 0 aliphatic heterocycles. The molecule has 2 rings (SSSR count). The third kappa shape index (κ3) is 4.85. The zero-order valence-corrected chi connectivity index (χ0v) is 13.4. The van der Waals surface area contributed by atoms with Crippen LogP contribution in [-0.2, 0) is 4.79 Å². The van der Waals surface area contributed by atoms with Crippen LogP contribution >= 0.6 is 0 Å². The Morgan fingerprint density at radius 1 is 1.39 bits per heavy atom. The Bertz CT molecular complexity index is 558. The lowest BCUT2D eigenvalue weighted by molar-refractivity contribution is -0.139. The number of aliphatic carboxylic acids is 1. The van der Waals surface area contributed by atoms with E-state index in [4.69, 9.17) is 9.84 Å². The second-order valence-corrected chi connectivity index (χ2v) is 5.61. The SMILES string of the molecule is CCN(CC(=O)O)C1CC(NC(=O)Nc2cccc(OC)c2)C1. The largest absolute Gasteiger partial charge is 0.497 e. The lowest BCUT2D eigenvalue weighted by atomic mass is 9.85. The van der Waals surface area contributed by atoms with Crippen LogP contribution < -0.4 is 15.4 Å². The molecule has 1 aromatic carbocycles. The van der Waals surface area contributed by atoms with Gasteiger partial charge in [-0.25, -0.2) is 4.79 Å². The van der Waals surface area contributed by atoms with E-state index in [2.05, 4.69) is 10.6 Å². The average molecular weight is 321 g/mol. The van der Waals surface area contributed by atoms with Crippen LogP contribution in [0.3, 0.4) is 0 Å². The number of carboxylic acid groups (broad SMARTS) is 1. The van der Waals surface area contributed by atoms with Crippen molar-refractivity contribution < 1.29 is 19.4 Å². The Morgan fingerprint density at radius 2 is 2.13 bits per heavy atom. The number of rotatable bonds is 7. The Hall–Kier alpha value is -2.28. The number of carbonyl (C=O) groups excluding carboxylic acids is 1. The van der Waals surface area contributed by atoms with E-state index >= 15 is 0 Å². The molecule has 1 fully saturated rings. The number of hydrogen-bond acceptors (Lipinski definition) is 4. The van der Waals surface area contributed by atoms with E-state index in [9.17, 15) is 9.59 Å². The quantitative estimate of drug-likeness (QED) is 0.712. The number of ether oxygens (including phenoxy) is 1. The van der Waals surface area contributed by atoms with Crippen LogP contribution in [0.5, 0.6) is 5.75 Å². The van der Waals surface area contributed by atoms with Crippen LogP contribution in [-0.4, -0.2) is 54.3 Å². The van der Waals surface area contributed by atoms with E-state index in [1.54, 1.807) is 31.4 Å². The van der Waals surface area contributed by atoms with Crippen LogP contribution in [0, 0.1) is 0 Å². The molecular weight excluding hydrogens is 298 g/mol. The molecule has 0 aromatic heterocycles. The van der Waals surface area contributed by atoms with Gasteiger partial charge in [-0.3, -0.25) is 9.69 Å². The van der Waals surface area contributed by atoms with Gasteiger partial charge in [-0.05, 0) is 31.5 Å². The molecule has 0 saturated heterocycles. The summed E-state index contributed by atoms with van der Waals surface area (Å²) >= 11 is 0. The molecule has 1 aliphatic carbocycles. The van der Waals surface area contributed by atoms with Crippen molar-refractivity contribution in [2.75, 3.05) is 25.5 Å². The molecule has 0 unspecified atom stereocenters. The fourth-order valence-corrected chi connectivity index (χ4v) is 2.73. The third-order valence-corrected chi connectivity index (χ3v) is 4.04. The Labute approximate surface area is 135 Å². The number of anilines is 1. The molecule has 1 aromatic rings. The maximum atomic E-state index is 12.0. The molecule has 3 N–H and O–H groups in total. The first-order valence-corrected chi connectivity index (χ1v) is 7.69. The predicted octanol–water partition coefficient (Wildman–Crippen LogP) is 1.75. The van der Waals surface area contributed by atoms with E-state index in [0.717, 1.165) is 12.8 Å². The molecule has 2 amide bonds. The van der Waals surface area contributed by atoms with Crippen LogP contribution in [0.1, 0.15) is 19.8 Å². The van der Waals surface area contributed by atoms with Crippen molar-refractivity contribution >= 4 is 17.7 Å². The first kappa shape index (κ1) is 17.1. The van der Waals surface area contributed by atoms with E-state index in [0.29, 0.717) is 18.0 Å². The van der Waals surface area contributed by atoms with Crippen LogP contribution in [0.15, 0.2) is 24.3 Å². The predicted molar refractivity (Wildman–Crippen MR) is 86.8 cm³/mol. The second kappa shape index (κ2) is 7.82. The summed E-state index contributed by atoms with van der Waals surface area (Å²) in [5, 5.41) is 14.5. The topological polar surface area (TPSA) is 90.9 Å². The third-order valence-electron chi connectivity index (χ3n) is 4.04. The monoisotopic (exact) mass is 321 g/mol. The Balaban J connectivity index is 1.76. The lowest BCUT2D eigenvalue weighted by Crippen LogP contribution is -2.55. The van der Waals surface area contributed by atoms with Gasteiger partial charge in [0.2, 0.25) is 0 Å². The number of urea groups is 1. The van der Waals surface area contributed by atoms with Gasteiger partial charge in [-0.2, -0.15) is 0 Å². The number of methoxy groups -OCH3 is 1. The molecule has 126 valence electrons. The molecule has 1 saturated carbocycles. The molecule has 23 heavy (non-hydrogen) atoms. The fourth-order valence-electron chi connectivity index (χ4n) is 2.73. The standard InChI is InChI=1S/C16H23N3O4/c1-3-19(10-15(20)21)13-7-12(8-13)18-16(22)17-11-5-4-6-14(9-11)23-2/h4-6,9,12-13H,3,7-8,10H2,1-2H3,(H,20,21)(H2,17,18,22). The van der Waals surface area contributed by atoms with Gasteiger partial charge >= 0.3 is 12.0 Å².